The first kappa shape index (κ1) is 16.7. The molecule has 0 fully saturated rings. The number of nitrogens with zero attached hydrogens (tertiary/aromatic N) is 2. The molecule has 0 aliphatic heterocycles. The highest BCUT2D eigenvalue weighted by molar-refractivity contribution is 5.16. The highest BCUT2D eigenvalue weighted by Crippen LogP contribution is 2.13. The molecule has 0 aliphatic rings. The molecule has 0 radical (unpaired) electrons. The smallest absolute Gasteiger partial charge is 0.0558 e. The standard InChI is InChI=1S/C19H26N2O/c1-16(2)19-10-6-9-18(20-19)15-21(13-14-22)12-11-17-7-4-3-5-8-17/h3-10,16,22H,11-15H2,1-2H3. The van der Waals surface area contributed by atoms with Crippen LogP contribution in [0.3, 0.4) is 0 Å². The summed E-state index contributed by atoms with van der Waals surface area (Å²) < 4.78 is 0. The number of benzene rings is 1. The second kappa shape index (κ2) is 8.66. The van der Waals surface area contributed by atoms with E-state index in [4.69, 9.17) is 4.98 Å². The normalized spacial score (nSPS) is 11.3. The van der Waals surface area contributed by atoms with Crippen molar-refractivity contribution in [2.45, 2.75) is 32.7 Å². The molecule has 0 spiro atoms. The van der Waals surface area contributed by atoms with Gasteiger partial charge in [0.15, 0.2) is 0 Å². The van der Waals surface area contributed by atoms with Crippen LogP contribution in [0.25, 0.3) is 0 Å². The molecule has 0 atom stereocenters. The Labute approximate surface area is 133 Å². The van der Waals surface area contributed by atoms with E-state index in [0.29, 0.717) is 12.5 Å². The molecule has 118 valence electrons. The second-order valence-corrected chi connectivity index (χ2v) is 5.94. The number of rotatable bonds is 8. The maximum absolute atomic E-state index is 9.29. The molecule has 0 amide bonds. The Hall–Kier alpha value is -1.71. The summed E-state index contributed by atoms with van der Waals surface area (Å²) in [4.78, 5) is 6.99. The maximum atomic E-state index is 9.29. The molecule has 1 N–H and O–H groups in total. The van der Waals surface area contributed by atoms with Gasteiger partial charge >= 0.3 is 0 Å². The van der Waals surface area contributed by atoms with Gasteiger partial charge in [-0.3, -0.25) is 9.88 Å². The third-order valence-electron chi connectivity index (χ3n) is 3.78. The molecule has 0 saturated heterocycles. The first-order valence-corrected chi connectivity index (χ1v) is 8.02. The van der Waals surface area contributed by atoms with Gasteiger partial charge < -0.3 is 5.11 Å². The number of aliphatic hydroxyl groups is 1. The zero-order valence-corrected chi connectivity index (χ0v) is 13.6. The fourth-order valence-corrected chi connectivity index (χ4v) is 2.48. The molecule has 0 bridgehead atoms. The summed E-state index contributed by atoms with van der Waals surface area (Å²) in [6.07, 6.45) is 0.991. The molecule has 3 nitrogen and oxygen atoms in total. The Kier molecular flexibility index (Phi) is 6.56. The predicted octanol–water partition coefficient (Wildman–Crippen LogP) is 3.24. The number of aromatic nitrogens is 1. The van der Waals surface area contributed by atoms with Crippen molar-refractivity contribution >= 4 is 0 Å². The van der Waals surface area contributed by atoms with Gasteiger partial charge in [0, 0.05) is 25.3 Å². The van der Waals surface area contributed by atoms with E-state index < -0.39 is 0 Å². The van der Waals surface area contributed by atoms with Crippen LogP contribution in [-0.4, -0.2) is 34.7 Å². The zero-order valence-electron chi connectivity index (χ0n) is 13.6. The lowest BCUT2D eigenvalue weighted by Gasteiger charge is -2.21. The van der Waals surface area contributed by atoms with Crippen LogP contribution in [0.4, 0.5) is 0 Å². The summed E-state index contributed by atoms with van der Waals surface area (Å²) in [5.41, 5.74) is 3.53. The summed E-state index contributed by atoms with van der Waals surface area (Å²) in [5, 5.41) is 9.29. The van der Waals surface area contributed by atoms with Crippen LogP contribution in [0.5, 0.6) is 0 Å². The minimum absolute atomic E-state index is 0.179. The van der Waals surface area contributed by atoms with E-state index in [2.05, 4.69) is 61.2 Å². The number of pyridine rings is 1. The van der Waals surface area contributed by atoms with Gasteiger partial charge in [0.05, 0.1) is 12.3 Å². The van der Waals surface area contributed by atoms with E-state index in [9.17, 15) is 5.11 Å². The topological polar surface area (TPSA) is 36.4 Å². The largest absolute Gasteiger partial charge is 0.395 e. The van der Waals surface area contributed by atoms with Gasteiger partial charge in [-0.25, -0.2) is 0 Å². The molecule has 0 unspecified atom stereocenters. The van der Waals surface area contributed by atoms with Gasteiger partial charge in [-0.05, 0) is 30.0 Å². The molecule has 2 rings (SSSR count). The van der Waals surface area contributed by atoms with Gasteiger partial charge in [-0.1, -0.05) is 50.2 Å². The zero-order chi connectivity index (χ0) is 15.8. The van der Waals surface area contributed by atoms with E-state index in [-0.39, 0.29) is 6.61 Å². The Bertz CT molecular complexity index is 554. The number of hydrogen-bond acceptors (Lipinski definition) is 3. The molecule has 1 heterocycles. The highest BCUT2D eigenvalue weighted by atomic mass is 16.3. The summed E-state index contributed by atoms with van der Waals surface area (Å²) in [6, 6.07) is 16.7. The monoisotopic (exact) mass is 298 g/mol. The van der Waals surface area contributed by atoms with Gasteiger partial charge in [0.1, 0.15) is 0 Å². The number of aliphatic hydroxyl groups excluding tert-OH is 1. The Morgan fingerprint density at radius 1 is 1.00 bits per heavy atom. The van der Waals surface area contributed by atoms with E-state index in [1.54, 1.807) is 0 Å². The second-order valence-electron chi connectivity index (χ2n) is 5.94. The highest BCUT2D eigenvalue weighted by Gasteiger charge is 2.08. The first-order chi connectivity index (χ1) is 10.7. The molecule has 1 aromatic carbocycles. The Morgan fingerprint density at radius 2 is 1.77 bits per heavy atom. The lowest BCUT2D eigenvalue weighted by molar-refractivity contribution is 0.190. The van der Waals surface area contributed by atoms with Crippen LogP contribution in [-0.2, 0) is 13.0 Å². The van der Waals surface area contributed by atoms with Crippen molar-refractivity contribution in [1.29, 1.82) is 0 Å². The van der Waals surface area contributed by atoms with Crippen molar-refractivity contribution in [1.82, 2.24) is 9.88 Å². The average Bonchev–Trinajstić information content (AvgIpc) is 2.54. The van der Waals surface area contributed by atoms with E-state index >= 15 is 0 Å². The van der Waals surface area contributed by atoms with Crippen molar-refractivity contribution < 1.29 is 5.11 Å². The van der Waals surface area contributed by atoms with Gasteiger partial charge in [0.2, 0.25) is 0 Å². The van der Waals surface area contributed by atoms with E-state index in [1.807, 2.05) is 6.07 Å². The lowest BCUT2D eigenvalue weighted by Crippen LogP contribution is -2.29. The average molecular weight is 298 g/mol. The SMILES string of the molecule is CC(C)c1cccc(CN(CCO)CCc2ccccc2)n1. The van der Waals surface area contributed by atoms with Gasteiger partial charge in [-0.2, -0.15) is 0 Å². The minimum atomic E-state index is 0.179. The van der Waals surface area contributed by atoms with Crippen LogP contribution in [0.1, 0.15) is 36.7 Å². The number of hydrogen-bond donors (Lipinski definition) is 1. The van der Waals surface area contributed by atoms with Gasteiger partial charge in [0.25, 0.3) is 0 Å². The van der Waals surface area contributed by atoms with Crippen molar-refractivity contribution in [2.75, 3.05) is 19.7 Å². The fourth-order valence-electron chi connectivity index (χ4n) is 2.48. The van der Waals surface area contributed by atoms with Gasteiger partial charge in [-0.15, -0.1) is 0 Å². The lowest BCUT2D eigenvalue weighted by atomic mass is 10.1. The molecule has 1 aromatic heterocycles. The third-order valence-corrected chi connectivity index (χ3v) is 3.78. The van der Waals surface area contributed by atoms with Crippen LogP contribution >= 0.6 is 0 Å². The van der Waals surface area contributed by atoms with Crippen molar-refractivity contribution in [3.05, 3.63) is 65.5 Å². The predicted molar refractivity (Wildman–Crippen MR) is 90.8 cm³/mol. The molecule has 0 aliphatic carbocycles. The maximum Gasteiger partial charge on any atom is 0.0558 e. The summed E-state index contributed by atoms with van der Waals surface area (Å²) in [7, 11) is 0. The van der Waals surface area contributed by atoms with Crippen LogP contribution in [0, 0.1) is 0 Å². The van der Waals surface area contributed by atoms with Crippen molar-refractivity contribution in [2.24, 2.45) is 0 Å². The van der Waals surface area contributed by atoms with Crippen LogP contribution in [0.15, 0.2) is 48.5 Å². The Balaban J connectivity index is 1.97. The quantitative estimate of drug-likeness (QED) is 0.813. The molecular formula is C19H26N2O. The molecule has 0 saturated carbocycles. The van der Waals surface area contributed by atoms with Crippen LogP contribution in [0.2, 0.25) is 0 Å². The summed E-state index contributed by atoms with van der Waals surface area (Å²) in [5.74, 6) is 0.440. The van der Waals surface area contributed by atoms with E-state index in [0.717, 1.165) is 30.9 Å². The fraction of sp³-hybridized carbons (Fsp3) is 0.421. The minimum Gasteiger partial charge on any atom is -0.395 e. The summed E-state index contributed by atoms with van der Waals surface area (Å²) >= 11 is 0. The van der Waals surface area contributed by atoms with Crippen molar-refractivity contribution in [3.8, 4) is 0 Å². The molecular weight excluding hydrogens is 272 g/mol. The molecule has 22 heavy (non-hydrogen) atoms. The third kappa shape index (κ3) is 5.24. The molecule has 3 heteroatoms. The Morgan fingerprint density at radius 3 is 2.45 bits per heavy atom. The van der Waals surface area contributed by atoms with Crippen molar-refractivity contribution in [3.63, 3.8) is 0 Å². The van der Waals surface area contributed by atoms with E-state index in [1.165, 1.54) is 5.56 Å². The molecule has 2 aromatic rings. The van der Waals surface area contributed by atoms with Crippen LogP contribution < -0.4 is 0 Å². The summed E-state index contributed by atoms with van der Waals surface area (Å²) in [6.45, 7) is 6.89. The first-order valence-electron chi connectivity index (χ1n) is 8.02.